The van der Waals surface area contributed by atoms with Crippen molar-refractivity contribution >= 4 is 70.4 Å². The van der Waals surface area contributed by atoms with Crippen molar-refractivity contribution in [1.29, 1.82) is 0 Å². The van der Waals surface area contributed by atoms with Gasteiger partial charge in [-0.2, -0.15) is 0 Å². The number of fused-ring (bicyclic) bond motifs is 5. The Morgan fingerprint density at radius 1 is 0.451 bits per heavy atom. The summed E-state index contributed by atoms with van der Waals surface area (Å²) in [5.74, 6) is 0.648. The molecule has 0 aliphatic heterocycles. The van der Waals surface area contributed by atoms with Gasteiger partial charge in [0, 0.05) is 42.8 Å². The first-order valence-electron chi connectivity index (χ1n) is 17.1. The maximum absolute atomic E-state index is 6.27. The van der Waals surface area contributed by atoms with Crippen LogP contribution in [0.15, 0.2) is 186 Å². The lowest BCUT2D eigenvalue weighted by Gasteiger charge is -2.27. The molecule has 0 aliphatic carbocycles. The minimum Gasteiger partial charge on any atom is -0.436 e. The molecule has 10 aromatic rings. The van der Waals surface area contributed by atoms with Gasteiger partial charge in [-0.25, -0.2) is 4.98 Å². The summed E-state index contributed by atoms with van der Waals surface area (Å²) in [4.78, 5) is 7.24. The molecular formula is C47H30N2OS. The molecule has 0 saturated carbocycles. The minimum absolute atomic E-state index is 0.648. The molecule has 0 spiro atoms. The van der Waals surface area contributed by atoms with Gasteiger partial charge in [-0.05, 0) is 93.7 Å². The fourth-order valence-corrected chi connectivity index (χ4v) is 8.48. The van der Waals surface area contributed by atoms with Crippen LogP contribution in [0.2, 0.25) is 0 Å². The first kappa shape index (κ1) is 29.4. The van der Waals surface area contributed by atoms with Crippen LogP contribution in [-0.2, 0) is 0 Å². The molecule has 0 bridgehead atoms. The van der Waals surface area contributed by atoms with Crippen LogP contribution in [0, 0.1) is 0 Å². The van der Waals surface area contributed by atoms with Crippen LogP contribution in [0.3, 0.4) is 0 Å². The number of rotatable bonds is 6. The van der Waals surface area contributed by atoms with Crippen molar-refractivity contribution in [2.45, 2.75) is 0 Å². The Morgan fingerprint density at radius 2 is 1.12 bits per heavy atom. The zero-order valence-corrected chi connectivity index (χ0v) is 28.3. The summed E-state index contributed by atoms with van der Waals surface area (Å²) in [5.41, 5.74) is 10.7. The van der Waals surface area contributed by atoms with Crippen LogP contribution in [0.1, 0.15) is 0 Å². The molecule has 3 nitrogen and oxygen atoms in total. The van der Waals surface area contributed by atoms with Crippen LogP contribution in [0.4, 0.5) is 17.1 Å². The second kappa shape index (κ2) is 12.1. The molecule has 0 saturated heterocycles. The van der Waals surface area contributed by atoms with Crippen molar-refractivity contribution in [3.8, 4) is 33.7 Å². The lowest BCUT2D eigenvalue weighted by molar-refractivity contribution is 0.620. The molecule has 240 valence electrons. The predicted molar refractivity (Wildman–Crippen MR) is 215 cm³/mol. The highest BCUT2D eigenvalue weighted by Gasteiger charge is 2.19. The van der Waals surface area contributed by atoms with Gasteiger partial charge in [-0.3, -0.25) is 0 Å². The van der Waals surface area contributed by atoms with Gasteiger partial charge in [-0.1, -0.05) is 121 Å². The molecule has 2 aromatic heterocycles. The molecule has 51 heavy (non-hydrogen) atoms. The van der Waals surface area contributed by atoms with Gasteiger partial charge in [0.2, 0.25) is 5.89 Å². The van der Waals surface area contributed by atoms with E-state index in [1.54, 1.807) is 11.3 Å². The van der Waals surface area contributed by atoms with E-state index in [0.717, 1.165) is 33.7 Å². The van der Waals surface area contributed by atoms with E-state index in [1.807, 2.05) is 24.3 Å². The van der Waals surface area contributed by atoms with Crippen molar-refractivity contribution in [2.24, 2.45) is 0 Å². The second-order valence-electron chi connectivity index (χ2n) is 12.8. The summed E-state index contributed by atoms with van der Waals surface area (Å²) >= 11 is 1.80. The molecule has 10 rings (SSSR count). The predicted octanol–water partition coefficient (Wildman–Crippen LogP) is 13.8. The van der Waals surface area contributed by atoms with Crippen molar-refractivity contribution < 1.29 is 4.42 Å². The molecule has 0 atom stereocenters. The van der Waals surface area contributed by atoms with Crippen molar-refractivity contribution in [2.75, 3.05) is 4.90 Å². The van der Waals surface area contributed by atoms with E-state index in [2.05, 4.69) is 163 Å². The summed E-state index contributed by atoms with van der Waals surface area (Å²) in [7, 11) is 0. The lowest BCUT2D eigenvalue weighted by Crippen LogP contribution is -2.10. The number of benzene rings is 8. The largest absolute Gasteiger partial charge is 0.436 e. The number of thiophene rings is 1. The average molecular weight is 671 g/mol. The maximum Gasteiger partial charge on any atom is 0.227 e. The van der Waals surface area contributed by atoms with E-state index in [9.17, 15) is 0 Å². The van der Waals surface area contributed by atoms with Crippen molar-refractivity contribution in [1.82, 2.24) is 4.98 Å². The fraction of sp³-hybridized carbons (Fsp3) is 0. The molecule has 0 aliphatic rings. The van der Waals surface area contributed by atoms with E-state index in [0.29, 0.717) is 5.89 Å². The third-order valence-corrected chi connectivity index (χ3v) is 10.8. The number of nitrogens with zero attached hydrogens (tertiary/aromatic N) is 2. The topological polar surface area (TPSA) is 29.3 Å². The fourth-order valence-electron chi connectivity index (χ4n) is 7.31. The van der Waals surface area contributed by atoms with E-state index in [-0.39, 0.29) is 0 Å². The Labute approximate surface area is 299 Å². The zero-order chi connectivity index (χ0) is 33.7. The van der Waals surface area contributed by atoms with Crippen LogP contribution in [0.25, 0.3) is 75.8 Å². The summed E-state index contributed by atoms with van der Waals surface area (Å²) in [6, 6.07) is 64.7. The Balaban J connectivity index is 1.15. The van der Waals surface area contributed by atoms with Crippen molar-refractivity contribution in [3.05, 3.63) is 182 Å². The van der Waals surface area contributed by atoms with Gasteiger partial charge < -0.3 is 9.32 Å². The smallest absolute Gasteiger partial charge is 0.227 e. The summed E-state index contributed by atoms with van der Waals surface area (Å²) in [6.45, 7) is 0. The Morgan fingerprint density at radius 3 is 2.00 bits per heavy atom. The zero-order valence-electron chi connectivity index (χ0n) is 27.5. The minimum atomic E-state index is 0.648. The molecule has 4 heteroatoms. The quantitative estimate of drug-likeness (QED) is 0.176. The molecule has 0 unspecified atom stereocenters. The Hall–Kier alpha value is -6.49. The highest BCUT2D eigenvalue weighted by atomic mass is 32.1. The molecule has 8 aromatic carbocycles. The van der Waals surface area contributed by atoms with Gasteiger partial charge in [0.05, 0.1) is 0 Å². The molecule has 0 amide bonds. The lowest BCUT2D eigenvalue weighted by atomic mass is 9.97. The number of oxazole rings is 1. The van der Waals surface area contributed by atoms with Gasteiger partial charge in [-0.15, -0.1) is 11.3 Å². The highest BCUT2D eigenvalue weighted by molar-refractivity contribution is 7.26. The summed E-state index contributed by atoms with van der Waals surface area (Å²) < 4.78 is 8.68. The SMILES string of the molecule is c1ccc(-c2cccc(N(c3cccc(-c4cccc5ccccc45)c3)c3ccc4c(c3)sc3cccc(-c5nc6ccccc6o5)c34)c2)cc1. The van der Waals surface area contributed by atoms with E-state index in [1.165, 1.54) is 53.2 Å². The van der Waals surface area contributed by atoms with Crippen LogP contribution >= 0.6 is 11.3 Å². The second-order valence-corrected chi connectivity index (χ2v) is 13.9. The van der Waals surface area contributed by atoms with Gasteiger partial charge >= 0.3 is 0 Å². The van der Waals surface area contributed by atoms with Crippen LogP contribution < -0.4 is 4.90 Å². The van der Waals surface area contributed by atoms with E-state index < -0.39 is 0 Å². The van der Waals surface area contributed by atoms with E-state index in [4.69, 9.17) is 9.40 Å². The average Bonchev–Trinajstić information content (AvgIpc) is 3.80. The molecule has 0 radical (unpaired) electrons. The number of para-hydroxylation sites is 2. The monoisotopic (exact) mass is 670 g/mol. The third kappa shape index (κ3) is 5.16. The number of hydrogen-bond donors (Lipinski definition) is 0. The molecule has 2 heterocycles. The standard InChI is InChI=1S/C47H30N2OS/c1-2-12-31(13-3-1)33-16-8-18-35(28-33)49(36-19-9-17-34(29-36)39-21-10-15-32-14-4-5-20-38(32)39)37-26-27-40-45(30-37)51-44-25-11-22-41(46(40)44)47-48-42-23-6-7-24-43(42)50-47/h1-30H. The highest BCUT2D eigenvalue weighted by Crippen LogP contribution is 2.45. The number of anilines is 3. The van der Waals surface area contributed by atoms with Crippen molar-refractivity contribution in [3.63, 3.8) is 0 Å². The van der Waals surface area contributed by atoms with Gasteiger partial charge in [0.1, 0.15) is 5.52 Å². The maximum atomic E-state index is 6.27. The van der Waals surface area contributed by atoms with E-state index >= 15 is 0 Å². The first-order valence-corrected chi connectivity index (χ1v) is 17.9. The Kier molecular flexibility index (Phi) is 7.00. The normalized spacial score (nSPS) is 11.5. The Bertz CT molecular complexity index is 2850. The van der Waals surface area contributed by atoms with Crippen LogP contribution in [0.5, 0.6) is 0 Å². The first-order chi connectivity index (χ1) is 25.3. The van der Waals surface area contributed by atoms with Gasteiger partial charge in [0.25, 0.3) is 0 Å². The number of aromatic nitrogens is 1. The van der Waals surface area contributed by atoms with Crippen LogP contribution in [-0.4, -0.2) is 4.98 Å². The molecule has 0 fully saturated rings. The van der Waals surface area contributed by atoms with Gasteiger partial charge in [0.15, 0.2) is 5.58 Å². The number of hydrogen-bond acceptors (Lipinski definition) is 4. The molecular weight excluding hydrogens is 641 g/mol. The summed E-state index contributed by atoms with van der Waals surface area (Å²) in [5, 5.41) is 4.85. The summed E-state index contributed by atoms with van der Waals surface area (Å²) in [6.07, 6.45) is 0. The molecule has 0 N–H and O–H groups in total. The third-order valence-electron chi connectivity index (χ3n) is 9.68.